The monoisotopic (exact) mass is 221 g/mol. The number of amides is 1. The van der Waals surface area contributed by atoms with Crippen molar-refractivity contribution in [1.82, 2.24) is 0 Å². The van der Waals surface area contributed by atoms with Crippen LogP contribution in [0.3, 0.4) is 0 Å². The number of carboxylic acids is 1. The number of hydrogen-bond donors (Lipinski definition) is 2. The molecule has 16 heavy (non-hydrogen) atoms. The van der Waals surface area contributed by atoms with Gasteiger partial charge in [-0.25, -0.2) is 0 Å². The average molecular weight is 221 g/mol. The topological polar surface area (TPSA) is 80.4 Å². The first-order chi connectivity index (χ1) is 7.57. The van der Waals surface area contributed by atoms with Gasteiger partial charge in [0, 0.05) is 5.56 Å². The van der Waals surface area contributed by atoms with Crippen molar-refractivity contribution in [3.63, 3.8) is 0 Å². The fourth-order valence-corrected chi connectivity index (χ4v) is 1.73. The molecule has 0 saturated heterocycles. The number of aliphatic carboxylic acids is 1. The van der Waals surface area contributed by atoms with E-state index in [0.717, 1.165) is 6.42 Å². The molecule has 0 aliphatic heterocycles. The Kier molecular flexibility index (Phi) is 4.05. The molecule has 1 aromatic rings. The fourth-order valence-electron chi connectivity index (χ4n) is 1.73. The second-order valence-electron chi connectivity index (χ2n) is 3.63. The number of primary amides is 1. The zero-order valence-corrected chi connectivity index (χ0v) is 9.14. The Hall–Kier alpha value is -1.84. The Morgan fingerprint density at radius 1 is 1.38 bits per heavy atom. The van der Waals surface area contributed by atoms with Crippen LogP contribution in [0, 0.1) is 0 Å². The summed E-state index contributed by atoms with van der Waals surface area (Å²) in [4.78, 5) is 22.3. The van der Waals surface area contributed by atoms with Crippen molar-refractivity contribution in [3.05, 3.63) is 35.4 Å². The highest BCUT2D eigenvalue weighted by molar-refractivity contribution is 5.96. The third kappa shape index (κ3) is 2.59. The van der Waals surface area contributed by atoms with E-state index in [4.69, 9.17) is 10.8 Å². The highest BCUT2D eigenvalue weighted by Gasteiger charge is 2.22. The van der Waals surface area contributed by atoms with Gasteiger partial charge in [-0.1, -0.05) is 31.5 Å². The fraction of sp³-hybridized carbons (Fsp3) is 0.333. The lowest BCUT2D eigenvalue weighted by atomic mass is 9.90. The number of nitrogens with two attached hydrogens (primary N) is 1. The Balaban J connectivity index is 3.17. The van der Waals surface area contributed by atoms with E-state index in [9.17, 15) is 9.59 Å². The first kappa shape index (κ1) is 12.2. The van der Waals surface area contributed by atoms with Crippen LogP contribution in [0.15, 0.2) is 24.3 Å². The zero-order chi connectivity index (χ0) is 12.1. The summed E-state index contributed by atoms with van der Waals surface area (Å²) in [5.74, 6) is -2.16. The lowest BCUT2D eigenvalue weighted by molar-refractivity contribution is -0.139. The molecule has 1 amide bonds. The van der Waals surface area contributed by atoms with Crippen molar-refractivity contribution < 1.29 is 14.7 Å². The number of carbonyl (C=O) groups is 2. The van der Waals surface area contributed by atoms with Gasteiger partial charge in [-0.05, 0) is 18.1 Å². The van der Waals surface area contributed by atoms with Gasteiger partial charge in [0.2, 0.25) is 5.91 Å². The largest absolute Gasteiger partial charge is 0.481 e. The van der Waals surface area contributed by atoms with Crippen molar-refractivity contribution in [2.75, 3.05) is 0 Å². The molecule has 0 aromatic heterocycles. The lowest BCUT2D eigenvalue weighted by Crippen LogP contribution is -2.19. The van der Waals surface area contributed by atoms with Crippen molar-refractivity contribution in [1.29, 1.82) is 0 Å². The second kappa shape index (κ2) is 5.30. The highest BCUT2D eigenvalue weighted by Crippen LogP contribution is 2.24. The molecule has 1 aromatic carbocycles. The summed E-state index contributed by atoms with van der Waals surface area (Å²) >= 11 is 0. The summed E-state index contributed by atoms with van der Waals surface area (Å²) in [7, 11) is 0. The van der Waals surface area contributed by atoms with Gasteiger partial charge in [-0.15, -0.1) is 0 Å². The predicted molar refractivity (Wildman–Crippen MR) is 60.2 cm³/mol. The molecule has 0 fully saturated rings. The molecular formula is C12H15NO3. The summed E-state index contributed by atoms with van der Waals surface area (Å²) in [6.07, 6.45) is 1.24. The smallest absolute Gasteiger partial charge is 0.310 e. The van der Waals surface area contributed by atoms with Crippen LogP contribution in [0.5, 0.6) is 0 Å². The lowest BCUT2D eigenvalue weighted by Gasteiger charge is -2.14. The van der Waals surface area contributed by atoms with Gasteiger partial charge in [0.1, 0.15) is 0 Å². The van der Waals surface area contributed by atoms with Crippen LogP contribution in [0.2, 0.25) is 0 Å². The molecule has 0 bridgehead atoms. The molecule has 0 spiro atoms. The molecule has 0 aliphatic rings. The molecular weight excluding hydrogens is 206 g/mol. The van der Waals surface area contributed by atoms with E-state index in [-0.39, 0.29) is 0 Å². The Labute approximate surface area is 94.1 Å². The number of carbonyl (C=O) groups excluding carboxylic acids is 1. The van der Waals surface area contributed by atoms with Gasteiger partial charge in [-0.2, -0.15) is 0 Å². The van der Waals surface area contributed by atoms with Crippen molar-refractivity contribution in [3.8, 4) is 0 Å². The molecule has 86 valence electrons. The first-order valence-electron chi connectivity index (χ1n) is 5.19. The minimum atomic E-state index is -0.921. The number of carboxylic acid groups (broad SMARTS) is 1. The van der Waals surface area contributed by atoms with Gasteiger partial charge in [0.25, 0.3) is 0 Å². The molecule has 0 saturated carbocycles. The molecule has 1 rings (SSSR count). The third-order valence-electron chi connectivity index (χ3n) is 2.48. The van der Waals surface area contributed by atoms with E-state index in [1.54, 1.807) is 24.3 Å². The van der Waals surface area contributed by atoms with Gasteiger partial charge in [0.05, 0.1) is 5.92 Å². The molecule has 0 heterocycles. The average Bonchev–Trinajstić information content (AvgIpc) is 2.25. The van der Waals surface area contributed by atoms with E-state index < -0.39 is 17.8 Å². The number of benzene rings is 1. The van der Waals surface area contributed by atoms with Crippen molar-refractivity contribution in [2.45, 2.75) is 25.7 Å². The maximum Gasteiger partial charge on any atom is 0.310 e. The maximum absolute atomic E-state index is 11.2. The Morgan fingerprint density at radius 3 is 2.50 bits per heavy atom. The summed E-state index contributed by atoms with van der Waals surface area (Å²) in [6.45, 7) is 1.91. The summed E-state index contributed by atoms with van der Waals surface area (Å²) in [5.41, 5.74) is 6.02. The standard InChI is InChI=1S/C12H15NO3/c1-2-5-10(12(15)16)8-6-3-4-7-9(8)11(13)14/h3-4,6-7,10H,2,5H2,1H3,(H2,13,14)(H,15,16)/t10-/m0/s1. The second-order valence-corrected chi connectivity index (χ2v) is 3.63. The summed E-state index contributed by atoms with van der Waals surface area (Å²) in [6, 6.07) is 6.60. The molecule has 0 radical (unpaired) electrons. The minimum absolute atomic E-state index is 0.295. The summed E-state index contributed by atoms with van der Waals surface area (Å²) < 4.78 is 0. The van der Waals surface area contributed by atoms with Crippen LogP contribution in [0.1, 0.15) is 41.6 Å². The molecule has 0 unspecified atom stereocenters. The Bertz CT molecular complexity index is 401. The van der Waals surface area contributed by atoms with Crippen LogP contribution in [-0.2, 0) is 4.79 Å². The zero-order valence-electron chi connectivity index (χ0n) is 9.14. The molecule has 4 nitrogen and oxygen atoms in total. The molecule has 1 atom stereocenters. The quantitative estimate of drug-likeness (QED) is 0.794. The van der Waals surface area contributed by atoms with E-state index in [1.807, 2.05) is 6.92 Å². The molecule has 4 heteroatoms. The van der Waals surface area contributed by atoms with Gasteiger partial charge in [0.15, 0.2) is 0 Å². The van der Waals surface area contributed by atoms with Crippen LogP contribution in [0.4, 0.5) is 0 Å². The number of rotatable bonds is 5. The van der Waals surface area contributed by atoms with E-state index in [1.165, 1.54) is 0 Å². The van der Waals surface area contributed by atoms with Crippen LogP contribution in [0.25, 0.3) is 0 Å². The van der Waals surface area contributed by atoms with Gasteiger partial charge >= 0.3 is 5.97 Å². The van der Waals surface area contributed by atoms with Crippen LogP contribution < -0.4 is 5.73 Å². The van der Waals surface area contributed by atoms with Gasteiger partial charge < -0.3 is 10.8 Å². The maximum atomic E-state index is 11.2. The normalized spacial score (nSPS) is 12.1. The highest BCUT2D eigenvalue weighted by atomic mass is 16.4. The van der Waals surface area contributed by atoms with Crippen LogP contribution in [-0.4, -0.2) is 17.0 Å². The SMILES string of the molecule is CCC[C@H](C(=O)O)c1ccccc1C(N)=O. The van der Waals surface area contributed by atoms with Crippen molar-refractivity contribution in [2.24, 2.45) is 5.73 Å². The molecule has 0 aliphatic carbocycles. The van der Waals surface area contributed by atoms with Crippen LogP contribution >= 0.6 is 0 Å². The predicted octanol–water partition coefficient (Wildman–Crippen LogP) is 1.75. The first-order valence-corrected chi connectivity index (χ1v) is 5.19. The van der Waals surface area contributed by atoms with E-state index >= 15 is 0 Å². The Morgan fingerprint density at radius 2 is 2.00 bits per heavy atom. The molecule has 3 N–H and O–H groups in total. The summed E-state index contributed by atoms with van der Waals surface area (Å²) in [5, 5.41) is 9.11. The third-order valence-corrected chi connectivity index (χ3v) is 2.48. The van der Waals surface area contributed by atoms with Gasteiger partial charge in [-0.3, -0.25) is 9.59 Å². The minimum Gasteiger partial charge on any atom is -0.481 e. The van der Waals surface area contributed by atoms with E-state index in [2.05, 4.69) is 0 Å². The number of hydrogen-bond acceptors (Lipinski definition) is 2. The van der Waals surface area contributed by atoms with Crippen molar-refractivity contribution >= 4 is 11.9 Å². The van der Waals surface area contributed by atoms with E-state index in [0.29, 0.717) is 17.5 Å².